The molecule has 1 aromatic heterocycles. The Morgan fingerprint density at radius 3 is 2.72 bits per heavy atom. The average Bonchev–Trinajstić information content (AvgIpc) is 3.09. The van der Waals surface area contributed by atoms with E-state index in [9.17, 15) is 20.4 Å². The van der Waals surface area contributed by atoms with Crippen molar-refractivity contribution in [2.75, 3.05) is 11.9 Å². The minimum atomic E-state index is -1.35. The number of rotatable bonds is 3. The summed E-state index contributed by atoms with van der Waals surface area (Å²) in [5.41, 5.74) is 3.77. The number of pyridine rings is 1. The molecule has 7 heteroatoms. The van der Waals surface area contributed by atoms with E-state index in [4.69, 9.17) is 9.72 Å². The van der Waals surface area contributed by atoms with Crippen LogP contribution in [0.5, 0.6) is 0 Å². The van der Waals surface area contributed by atoms with Crippen LogP contribution in [0.3, 0.4) is 0 Å². The van der Waals surface area contributed by atoms with E-state index in [1.54, 1.807) is 0 Å². The first-order chi connectivity index (χ1) is 12.1. The molecule has 2 aromatic rings. The van der Waals surface area contributed by atoms with Gasteiger partial charge in [0.2, 0.25) is 0 Å². The number of para-hydroxylation sites is 1. The van der Waals surface area contributed by atoms with Crippen molar-refractivity contribution >= 4 is 16.6 Å². The maximum Gasteiger partial charge on any atom is 0.178 e. The number of aromatic nitrogens is 1. The molecular weight excluding hydrogens is 324 g/mol. The topological polar surface area (TPSA) is 115 Å². The molecule has 1 saturated heterocycles. The third kappa shape index (κ3) is 2.78. The number of ether oxygens (including phenoxy) is 1. The van der Waals surface area contributed by atoms with Crippen LogP contribution in [-0.2, 0) is 17.6 Å². The van der Waals surface area contributed by atoms with Crippen LogP contribution in [0.2, 0.25) is 0 Å². The summed E-state index contributed by atoms with van der Waals surface area (Å²) in [7, 11) is 0. The summed E-state index contributed by atoms with van der Waals surface area (Å²) in [6, 6.07) is 6.80. The van der Waals surface area contributed by atoms with E-state index in [0.717, 1.165) is 47.1 Å². The molecule has 1 aliphatic heterocycles. The summed E-state index contributed by atoms with van der Waals surface area (Å²) in [5.74, 6) is 0. The molecule has 134 valence electrons. The summed E-state index contributed by atoms with van der Waals surface area (Å²) in [6.45, 7) is -0.477. The van der Waals surface area contributed by atoms with Gasteiger partial charge in [0.05, 0.1) is 12.1 Å². The van der Waals surface area contributed by atoms with Crippen molar-refractivity contribution in [1.29, 1.82) is 0 Å². The number of aliphatic hydroxyl groups is 4. The summed E-state index contributed by atoms with van der Waals surface area (Å²) < 4.78 is 5.25. The monoisotopic (exact) mass is 346 g/mol. The van der Waals surface area contributed by atoms with Gasteiger partial charge in [0.25, 0.3) is 0 Å². The maximum absolute atomic E-state index is 10.4. The molecule has 1 fully saturated rings. The van der Waals surface area contributed by atoms with Gasteiger partial charge in [-0.1, -0.05) is 18.2 Å². The summed E-state index contributed by atoms with van der Waals surface area (Å²) in [6.07, 6.45) is -2.14. The number of aliphatic hydroxyl groups excluding tert-OH is 4. The van der Waals surface area contributed by atoms with Gasteiger partial charge in [-0.15, -0.1) is 0 Å². The Morgan fingerprint density at radius 2 is 1.92 bits per heavy atom. The Balaban J connectivity index is 1.73. The minimum Gasteiger partial charge on any atom is -0.394 e. The highest BCUT2D eigenvalue weighted by molar-refractivity contribution is 5.93. The van der Waals surface area contributed by atoms with Crippen molar-refractivity contribution in [3.63, 3.8) is 0 Å². The first-order valence-electron chi connectivity index (χ1n) is 8.57. The molecule has 4 rings (SSSR count). The molecule has 0 bridgehead atoms. The Hall–Kier alpha value is -1.77. The van der Waals surface area contributed by atoms with Gasteiger partial charge in [0.15, 0.2) is 6.29 Å². The van der Waals surface area contributed by atoms with E-state index in [1.807, 2.05) is 24.3 Å². The van der Waals surface area contributed by atoms with Crippen molar-refractivity contribution in [3.05, 3.63) is 35.5 Å². The predicted octanol–water partition coefficient (Wildman–Crippen LogP) is -0.0647. The van der Waals surface area contributed by atoms with E-state index < -0.39 is 37.3 Å². The Morgan fingerprint density at radius 1 is 1.12 bits per heavy atom. The molecule has 25 heavy (non-hydrogen) atoms. The van der Waals surface area contributed by atoms with E-state index in [-0.39, 0.29) is 0 Å². The molecule has 1 aliphatic carbocycles. The number of anilines is 1. The number of hydrogen-bond donors (Lipinski definition) is 5. The molecule has 0 radical (unpaired) electrons. The van der Waals surface area contributed by atoms with Crippen LogP contribution in [0.1, 0.15) is 17.7 Å². The van der Waals surface area contributed by atoms with Gasteiger partial charge in [-0.25, -0.2) is 0 Å². The maximum atomic E-state index is 10.4. The van der Waals surface area contributed by atoms with Gasteiger partial charge in [0, 0.05) is 16.8 Å². The number of benzene rings is 1. The van der Waals surface area contributed by atoms with Gasteiger partial charge in [-0.2, -0.15) is 0 Å². The molecule has 3 unspecified atom stereocenters. The number of nitrogens with one attached hydrogen (secondary N) is 1. The Bertz CT molecular complexity index is 783. The lowest BCUT2D eigenvalue weighted by atomic mass is 9.96. The molecule has 2 aliphatic rings. The van der Waals surface area contributed by atoms with Crippen molar-refractivity contribution < 1.29 is 25.2 Å². The van der Waals surface area contributed by atoms with Crippen molar-refractivity contribution in [2.24, 2.45) is 0 Å². The number of nitrogens with zero attached hydrogens (tertiary/aromatic N) is 1. The zero-order valence-electron chi connectivity index (χ0n) is 13.7. The van der Waals surface area contributed by atoms with Gasteiger partial charge >= 0.3 is 0 Å². The van der Waals surface area contributed by atoms with Crippen LogP contribution in [0.15, 0.2) is 24.3 Å². The zero-order chi connectivity index (χ0) is 17.6. The highest BCUT2D eigenvalue weighted by atomic mass is 16.6. The lowest BCUT2D eigenvalue weighted by Crippen LogP contribution is -2.61. The first-order valence-corrected chi connectivity index (χ1v) is 8.57. The van der Waals surface area contributed by atoms with E-state index in [1.165, 1.54) is 0 Å². The normalized spacial score (nSPS) is 31.9. The number of fused-ring (bicyclic) bond motifs is 2. The molecule has 1 aromatic carbocycles. The fraction of sp³-hybridized carbons (Fsp3) is 0.500. The van der Waals surface area contributed by atoms with Gasteiger partial charge < -0.3 is 30.5 Å². The zero-order valence-corrected chi connectivity index (χ0v) is 13.7. The Labute approximate surface area is 144 Å². The summed E-state index contributed by atoms with van der Waals surface area (Å²) in [5, 5.41) is 44.1. The highest BCUT2D eigenvalue weighted by Crippen LogP contribution is 2.35. The molecule has 7 nitrogen and oxygen atoms in total. The van der Waals surface area contributed by atoms with Crippen LogP contribution in [0, 0.1) is 0 Å². The fourth-order valence-corrected chi connectivity index (χ4v) is 3.80. The second-order valence-electron chi connectivity index (χ2n) is 6.68. The van der Waals surface area contributed by atoms with E-state index in [2.05, 4.69) is 5.32 Å². The summed E-state index contributed by atoms with van der Waals surface area (Å²) >= 11 is 0. The smallest absolute Gasteiger partial charge is 0.178 e. The van der Waals surface area contributed by atoms with Gasteiger partial charge in [-0.05, 0) is 30.9 Å². The third-order valence-corrected chi connectivity index (χ3v) is 5.13. The summed E-state index contributed by atoms with van der Waals surface area (Å²) in [4.78, 5) is 4.71. The van der Waals surface area contributed by atoms with Crippen LogP contribution in [-0.4, -0.2) is 62.7 Å². The lowest BCUT2D eigenvalue weighted by Gasteiger charge is -2.41. The van der Waals surface area contributed by atoms with Crippen LogP contribution in [0.4, 0.5) is 5.69 Å². The second kappa shape index (κ2) is 6.51. The van der Waals surface area contributed by atoms with Crippen LogP contribution in [0.25, 0.3) is 10.9 Å². The quantitative estimate of drug-likeness (QED) is 0.529. The second-order valence-corrected chi connectivity index (χ2v) is 6.68. The van der Waals surface area contributed by atoms with Gasteiger partial charge in [0.1, 0.15) is 24.4 Å². The van der Waals surface area contributed by atoms with E-state index in [0.29, 0.717) is 0 Å². The molecule has 0 amide bonds. The molecule has 0 saturated carbocycles. The first kappa shape index (κ1) is 16.7. The van der Waals surface area contributed by atoms with Crippen molar-refractivity contribution in [1.82, 2.24) is 4.98 Å². The number of hydrogen-bond acceptors (Lipinski definition) is 7. The largest absolute Gasteiger partial charge is 0.394 e. The fourth-order valence-electron chi connectivity index (χ4n) is 3.80. The Kier molecular flexibility index (Phi) is 4.35. The molecule has 5 atom stereocenters. The predicted molar refractivity (Wildman–Crippen MR) is 91.2 cm³/mol. The lowest BCUT2D eigenvalue weighted by molar-refractivity contribution is -0.245. The van der Waals surface area contributed by atoms with Crippen molar-refractivity contribution in [3.8, 4) is 0 Å². The molecule has 2 heterocycles. The molecular formula is C18H22N2O5. The third-order valence-electron chi connectivity index (χ3n) is 5.13. The van der Waals surface area contributed by atoms with Crippen LogP contribution < -0.4 is 5.32 Å². The van der Waals surface area contributed by atoms with Crippen LogP contribution >= 0.6 is 0 Å². The highest BCUT2D eigenvalue weighted by Gasteiger charge is 2.44. The van der Waals surface area contributed by atoms with Gasteiger partial charge in [-0.3, -0.25) is 4.98 Å². The average molecular weight is 346 g/mol. The van der Waals surface area contributed by atoms with E-state index >= 15 is 0 Å². The molecule has 5 N–H and O–H groups in total. The molecule has 0 spiro atoms. The SMILES string of the molecule is OC[C@H]1OC(O)C(Nc2c3c(nc4ccccc24)CCC3)[C@@H](O)C1O. The number of aryl methyl sites for hydroxylation is 1. The van der Waals surface area contributed by atoms with Crippen molar-refractivity contribution in [2.45, 2.75) is 49.9 Å². The standard InChI is InChI=1S/C18H22N2O5/c21-8-13-16(22)17(23)15(18(24)25-13)20-14-9-4-1-2-6-11(9)19-12-7-3-5-10(12)14/h1-2,4,6,13,15-18,21-24H,3,5,7-8H2,(H,19,20)/t13-,15?,16?,17-,18?/m1/s1. The minimum absolute atomic E-state index is 0.477.